The molecule has 0 fully saturated rings. The van der Waals surface area contributed by atoms with E-state index >= 15 is 0 Å². The molecule has 172 valence electrons. The Balaban J connectivity index is 1.45. The van der Waals surface area contributed by atoms with E-state index < -0.39 is 12.5 Å². The van der Waals surface area contributed by atoms with E-state index in [0.717, 1.165) is 16.9 Å². The third-order valence-electron chi connectivity index (χ3n) is 5.15. The molecule has 1 N–H and O–H groups in total. The van der Waals surface area contributed by atoms with E-state index in [-0.39, 0.29) is 19.1 Å². The quantitative estimate of drug-likeness (QED) is 0.411. The molecule has 1 amide bonds. The van der Waals surface area contributed by atoms with Gasteiger partial charge in [0.15, 0.2) is 0 Å². The average molecular weight is 457 g/mol. The number of aromatic nitrogens is 3. The minimum absolute atomic E-state index is 0.139. The summed E-state index contributed by atoms with van der Waals surface area (Å²) < 4.78 is 5.93. The minimum Gasteiger partial charge on any atom is -0.487 e. The van der Waals surface area contributed by atoms with Crippen molar-refractivity contribution in [2.45, 2.75) is 20.1 Å². The smallest absolute Gasteiger partial charge is 0.323 e. The first-order valence-corrected chi connectivity index (χ1v) is 10.8. The summed E-state index contributed by atoms with van der Waals surface area (Å²) in [4.78, 5) is 27.1. The van der Waals surface area contributed by atoms with Crippen LogP contribution >= 0.6 is 0 Å². The van der Waals surface area contributed by atoms with Crippen molar-refractivity contribution in [2.24, 2.45) is 0 Å². The molecule has 4 rings (SSSR count). The summed E-state index contributed by atoms with van der Waals surface area (Å²) in [6.45, 7) is 1.84. The van der Waals surface area contributed by atoms with Crippen LogP contribution in [0.4, 0.5) is 0 Å². The van der Waals surface area contributed by atoms with Crippen LogP contribution in [0.3, 0.4) is 0 Å². The summed E-state index contributed by atoms with van der Waals surface area (Å²) in [5, 5.41) is 18.3. The Hall–Kier alpha value is -4.46. The van der Waals surface area contributed by atoms with Gasteiger partial charge in [0.2, 0.25) is 0 Å². The highest BCUT2D eigenvalue weighted by atomic mass is 16.5. The highest BCUT2D eigenvalue weighted by molar-refractivity contribution is 5.95. The second-order valence-corrected chi connectivity index (χ2v) is 7.71. The lowest BCUT2D eigenvalue weighted by Crippen LogP contribution is -2.35. The van der Waals surface area contributed by atoms with Crippen LogP contribution in [-0.4, -0.2) is 43.4 Å². The molecule has 0 saturated carbocycles. The van der Waals surface area contributed by atoms with Crippen LogP contribution in [0.5, 0.6) is 5.75 Å². The SMILES string of the molecule is Cc1nn(-c2ccccc2)nc1COc1cccc(CN(CC(=O)O)C(=O)c2ccccc2)c1. The lowest BCUT2D eigenvalue weighted by atomic mass is 10.1. The Bertz CT molecular complexity index is 1270. The highest BCUT2D eigenvalue weighted by Gasteiger charge is 2.19. The van der Waals surface area contributed by atoms with Gasteiger partial charge in [0.1, 0.15) is 24.6 Å². The number of carbonyl (C=O) groups is 2. The van der Waals surface area contributed by atoms with E-state index in [9.17, 15) is 14.7 Å². The summed E-state index contributed by atoms with van der Waals surface area (Å²) in [7, 11) is 0. The zero-order chi connectivity index (χ0) is 23.9. The number of carboxylic acid groups (broad SMARTS) is 1. The highest BCUT2D eigenvalue weighted by Crippen LogP contribution is 2.18. The van der Waals surface area contributed by atoms with Gasteiger partial charge in [-0.05, 0) is 48.9 Å². The minimum atomic E-state index is -1.08. The molecule has 0 spiro atoms. The number of ether oxygens (including phenoxy) is 1. The number of para-hydroxylation sites is 1. The topological polar surface area (TPSA) is 97.6 Å². The molecule has 8 nitrogen and oxygen atoms in total. The van der Waals surface area contributed by atoms with Crippen molar-refractivity contribution in [1.82, 2.24) is 19.9 Å². The lowest BCUT2D eigenvalue weighted by Gasteiger charge is -2.21. The number of carbonyl (C=O) groups excluding carboxylic acids is 1. The van der Waals surface area contributed by atoms with E-state index in [1.54, 1.807) is 47.3 Å². The number of aryl methyl sites for hydroxylation is 1. The van der Waals surface area contributed by atoms with Gasteiger partial charge in [0, 0.05) is 12.1 Å². The second-order valence-electron chi connectivity index (χ2n) is 7.71. The van der Waals surface area contributed by atoms with Crippen LogP contribution in [-0.2, 0) is 17.9 Å². The average Bonchev–Trinajstić information content (AvgIpc) is 3.23. The first kappa shape index (κ1) is 22.7. The molecule has 0 unspecified atom stereocenters. The van der Waals surface area contributed by atoms with Crippen molar-refractivity contribution >= 4 is 11.9 Å². The number of hydrogen-bond donors (Lipinski definition) is 1. The first-order valence-electron chi connectivity index (χ1n) is 10.8. The molecular weight excluding hydrogens is 432 g/mol. The number of nitrogens with zero attached hydrogens (tertiary/aromatic N) is 4. The predicted octanol–water partition coefficient (Wildman–Crippen LogP) is 3.88. The molecular formula is C26H24N4O4. The number of amides is 1. The van der Waals surface area contributed by atoms with E-state index in [1.807, 2.05) is 49.4 Å². The normalized spacial score (nSPS) is 10.6. The predicted molar refractivity (Wildman–Crippen MR) is 126 cm³/mol. The van der Waals surface area contributed by atoms with Crippen LogP contribution < -0.4 is 4.74 Å². The van der Waals surface area contributed by atoms with Crippen molar-refractivity contribution in [3.05, 3.63) is 107 Å². The van der Waals surface area contributed by atoms with Crippen LogP contribution in [0.25, 0.3) is 5.69 Å². The fourth-order valence-corrected chi connectivity index (χ4v) is 3.45. The van der Waals surface area contributed by atoms with Gasteiger partial charge in [-0.1, -0.05) is 48.5 Å². The standard InChI is InChI=1S/C26H24N4O4/c1-19-24(28-30(27-19)22-12-6-3-7-13-22)18-34-23-14-8-9-20(15-23)16-29(17-25(31)32)26(33)21-10-4-2-5-11-21/h2-15H,16-18H2,1H3,(H,31,32). The summed E-state index contributed by atoms with van der Waals surface area (Å²) >= 11 is 0. The molecule has 0 aliphatic carbocycles. The largest absolute Gasteiger partial charge is 0.487 e. The van der Waals surface area contributed by atoms with E-state index in [1.165, 1.54) is 4.90 Å². The molecule has 0 atom stereocenters. The zero-order valence-corrected chi connectivity index (χ0v) is 18.7. The number of rotatable bonds is 9. The zero-order valence-electron chi connectivity index (χ0n) is 18.7. The van der Waals surface area contributed by atoms with Crippen LogP contribution in [0.1, 0.15) is 27.3 Å². The maximum Gasteiger partial charge on any atom is 0.323 e. The van der Waals surface area contributed by atoms with Gasteiger partial charge in [0.25, 0.3) is 5.91 Å². The van der Waals surface area contributed by atoms with Crippen LogP contribution in [0.2, 0.25) is 0 Å². The van der Waals surface area contributed by atoms with Gasteiger partial charge in [-0.25, -0.2) is 0 Å². The number of aliphatic carboxylic acids is 1. The van der Waals surface area contributed by atoms with Crippen LogP contribution in [0, 0.1) is 6.92 Å². The monoisotopic (exact) mass is 456 g/mol. The molecule has 1 heterocycles. The molecule has 34 heavy (non-hydrogen) atoms. The molecule has 8 heteroatoms. The van der Waals surface area contributed by atoms with Gasteiger partial charge < -0.3 is 14.7 Å². The summed E-state index contributed by atoms with van der Waals surface area (Å²) in [5.74, 6) is -0.829. The Labute approximate surface area is 197 Å². The van der Waals surface area contributed by atoms with Crippen molar-refractivity contribution < 1.29 is 19.4 Å². The first-order chi connectivity index (χ1) is 16.5. The maximum atomic E-state index is 12.9. The number of carboxylic acids is 1. The van der Waals surface area contributed by atoms with Crippen molar-refractivity contribution in [1.29, 1.82) is 0 Å². The Morgan fingerprint density at radius 3 is 2.35 bits per heavy atom. The lowest BCUT2D eigenvalue weighted by molar-refractivity contribution is -0.137. The Morgan fingerprint density at radius 2 is 1.65 bits per heavy atom. The summed E-state index contributed by atoms with van der Waals surface area (Å²) in [5.41, 5.74) is 3.53. The molecule has 0 radical (unpaired) electrons. The van der Waals surface area contributed by atoms with E-state index in [2.05, 4.69) is 10.2 Å². The summed E-state index contributed by atoms with van der Waals surface area (Å²) in [6.07, 6.45) is 0. The third-order valence-corrected chi connectivity index (χ3v) is 5.15. The molecule has 1 aromatic heterocycles. The Morgan fingerprint density at radius 1 is 0.941 bits per heavy atom. The van der Waals surface area contributed by atoms with Crippen molar-refractivity contribution in [3.8, 4) is 11.4 Å². The van der Waals surface area contributed by atoms with Crippen molar-refractivity contribution in [2.75, 3.05) is 6.54 Å². The van der Waals surface area contributed by atoms with Crippen molar-refractivity contribution in [3.63, 3.8) is 0 Å². The molecule has 0 aliphatic heterocycles. The third kappa shape index (κ3) is 5.66. The van der Waals surface area contributed by atoms with E-state index in [0.29, 0.717) is 17.0 Å². The van der Waals surface area contributed by atoms with Crippen LogP contribution in [0.15, 0.2) is 84.9 Å². The van der Waals surface area contributed by atoms with Gasteiger partial charge >= 0.3 is 5.97 Å². The fraction of sp³-hybridized carbons (Fsp3) is 0.154. The Kier molecular flexibility index (Phi) is 6.98. The molecule has 0 bridgehead atoms. The number of hydrogen-bond acceptors (Lipinski definition) is 5. The number of benzene rings is 3. The summed E-state index contributed by atoms with van der Waals surface area (Å²) in [6, 6.07) is 25.5. The van der Waals surface area contributed by atoms with Gasteiger partial charge in [-0.2, -0.15) is 9.90 Å². The van der Waals surface area contributed by atoms with Gasteiger partial charge in [-0.15, -0.1) is 5.10 Å². The van der Waals surface area contributed by atoms with Gasteiger partial charge in [-0.3, -0.25) is 9.59 Å². The molecule has 3 aromatic carbocycles. The fourth-order valence-electron chi connectivity index (χ4n) is 3.45. The van der Waals surface area contributed by atoms with E-state index in [4.69, 9.17) is 4.74 Å². The second kappa shape index (κ2) is 10.4. The van der Waals surface area contributed by atoms with Gasteiger partial charge in [0.05, 0.1) is 11.4 Å². The molecule has 0 aliphatic rings. The molecule has 0 saturated heterocycles. The molecule has 4 aromatic rings. The maximum absolute atomic E-state index is 12.9.